The number of methoxy groups -OCH3 is 1. The minimum Gasteiger partial charge on any atom is -0.480 e. The summed E-state index contributed by atoms with van der Waals surface area (Å²) >= 11 is 0. The number of nitrogens with one attached hydrogen (secondary N) is 1. The number of carboxylic acids is 1. The van der Waals surface area contributed by atoms with Gasteiger partial charge in [-0.2, -0.15) is 0 Å². The summed E-state index contributed by atoms with van der Waals surface area (Å²) < 4.78 is 10.9. The first-order chi connectivity index (χ1) is 16.4. The van der Waals surface area contributed by atoms with Crippen LogP contribution in [0.1, 0.15) is 43.2 Å². The number of aliphatic carboxylic acids is 1. The van der Waals surface area contributed by atoms with Gasteiger partial charge in [-0.05, 0) is 28.7 Å². The van der Waals surface area contributed by atoms with Crippen molar-refractivity contribution in [3.05, 3.63) is 59.7 Å². The predicted molar refractivity (Wildman–Crippen MR) is 125 cm³/mol. The largest absolute Gasteiger partial charge is 0.480 e. The first-order valence-electron chi connectivity index (χ1n) is 11.6. The Morgan fingerprint density at radius 2 is 1.71 bits per heavy atom. The monoisotopic (exact) mass is 466 g/mol. The summed E-state index contributed by atoms with van der Waals surface area (Å²) in [4.78, 5) is 38.9. The summed E-state index contributed by atoms with van der Waals surface area (Å²) in [5, 5.41) is 12.2. The number of carbonyl (C=O) groups excluding carboxylic acids is 2. The van der Waals surface area contributed by atoms with Crippen LogP contribution < -0.4 is 5.32 Å². The Hall–Kier alpha value is -3.39. The highest BCUT2D eigenvalue weighted by Crippen LogP contribution is 2.44. The van der Waals surface area contributed by atoms with E-state index < -0.39 is 30.1 Å². The van der Waals surface area contributed by atoms with Crippen molar-refractivity contribution in [1.82, 2.24) is 10.2 Å². The van der Waals surface area contributed by atoms with Crippen molar-refractivity contribution < 1.29 is 29.0 Å². The highest BCUT2D eigenvalue weighted by atomic mass is 16.5. The van der Waals surface area contributed by atoms with Gasteiger partial charge >= 0.3 is 12.1 Å². The molecule has 180 valence electrons. The van der Waals surface area contributed by atoms with E-state index in [-0.39, 0.29) is 31.6 Å². The van der Waals surface area contributed by atoms with Crippen molar-refractivity contribution in [2.24, 2.45) is 0 Å². The van der Waals surface area contributed by atoms with E-state index in [9.17, 15) is 19.5 Å². The maximum absolute atomic E-state index is 13.2. The Kier molecular flexibility index (Phi) is 7.17. The minimum absolute atomic E-state index is 0.0871. The number of ether oxygens (including phenoxy) is 2. The molecule has 0 aromatic heterocycles. The maximum atomic E-state index is 13.2. The lowest BCUT2D eigenvalue weighted by Gasteiger charge is -2.27. The Labute approximate surface area is 198 Å². The molecule has 1 heterocycles. The Morgan fingerprint density at radius 3 is 2.26 bits per heavy atom. The van der Waals surface area contributed by atoms with E-state index in [2.05, 4.69) is 17.4 Å². The van der Waals surface area contributed by atoms with E-state index in [0.717, 1.165) is 22.3 Å². The molecule has 1 fully saturated rings. The van der Waals surface area contributed by atoms with E-state index in [1.807, 2.05) is 43.3 Å². The number of hydrogen-bond donors (Lipinski definition) is 2. The van der Waals surface area contributed by atoms with Crippen molar-refractivity contribution in [3.8, 4) is 11.1 Å². The second kappa shape index (κ2) is 10.3. The zero-order chi connectivity index (χ0) is 24.2. The van der Waals surface area contributed by atoms with E-state index in [0.29, 0.717) is 12.8 Å². The van der Waals surface area contributed by atoms with Crippen LogP contribution in [0.4, 0.5) is 4.79 Å². The second-order valence-corrected chi connectivity index (χ2v) is 8.75. The molecule has 2 amide bonds. The second-order valence-electron chi connectivity index (χ2n) is 8.75. The quantitative estimate of drug-likeness (QED) is 0.618. The number of fused-ring (bicyclic) bond motifs is 3. The topological polar surface area (TPSA) is 105 Å². The normalized spacial score (nSPS) is 19.9. The van der Waals surface area contributed by atoms with Crippen LogP contribution in [0.3, 0.4) is 0 Å². The van der Waals surface area contributed by atoms with Crippen LogP contribution in [0.5, 0.6) is 0 Å². The van der Waals surface area contributed by atoms with Crippen molar-refractivity contribution in [3.63, 3.8) is 0 Å². The molecule has 2 aromatic rings. The van der Waals surface area contributed by atoms with Gasteiger partial charge in [0.1, 0.15) is 18.7 Å². The van der Waals surface area contributed by atoms with Gasteiger partial charge in [0, 0.05) is 26.0 Å². The van der Waals surface area contributed by atoms with E-state index in [1.54, 1.807) is 0 Å². The van der Waals surface area contributed by atoms with Crippen LogP contribution >= 0.6 is 0 Å². The molecule has 2 aliphatic rings. The van der Waals surface area contributed by atoms with E-state index >= 15 is 0 Å². The Balaban J connectivity index is 1.43. The summed E-state index contributed by atoms with van der Waals surface area (Å²) in [5.74, 6) is -1.59. The van der Waals surface area contributed by atoms with E-state index in [1.165, 1.54) is 12.0 Å². The van der Waals surface area contributed by atoms with Gasteiger partial charge < -0.3 is 24.8 Å². The molecule has 3 atom stereocenters. The molecule has 0 bridgehead atoms. The van der Waals surface area contributed by atoms with Crippen LogP contribution in [-0.4, -0.2) is 66.4 Å². The molecule has 0 radical (unpaired) electrons. The summed E-state index contributed by atoms with van der Waals surface area (Å²) in [6.07, 6.45) is 0.203. The molecule has 8 nitrogen and oxygen atoms in total. The third kappa shape index (κ3) is 4.63. The van der Waals surface area contributed by atoms with Gasteiger partial charge in [0.25, 0.3) is 0 Å². The van der Waals surface area contributed by atoms with Crippen molar-refractivity contribution in [2.75, 3.05) is 20.3 Å². The number of rotatable bonds is 8. The molecule has 4 rings (SSSR count). The molecule has 2 unspecified atom stereocenters. The third-order valence-corrected chi connectivity index (χ3v) is 6.68. The summed E-state index contributed by atoms with van der Waals surface area (Å²) in [5.41, 5.74) is 4.47. The third-order valence-electron chi connectivity index (χ3n) is 6.68. The standard InChI is InChI=1S/C26H30N2O6/c1-3-8-22(24(29)28-14-16(33-2)13-23(28)25(30)31)27-26(32)34-15-21-19-11-6-4-9-17(19)18-10-5-7-12-20(18)21/h4-7,9-12,16,21-23H,3,8,13-15H2,1-2H3,(H,27,32)(H,30,31)/t16?,22-,23?/m1/s1. The molecular formula is C26H30N2O6. The number of benzene rings is 2. The summed E-state index contributed by atoms with van der Waals surface area (Å²) in [6.45, 7) is 2.22. The summed E-state index contributed by atoms with van der Waals surface area (Å²) in [6, 6.07) is 14.3. The lowest BCUT2D eigenvalue weighted by atomic mass is 9.98. The maximum Gasteiger partial charge on any atom is 0.407 e. The predicted octanol–water partition coefficient (Wildman–Crippen LogP) is 3.39. The average molecular weight is 467 g/mol. The minimum atomic E-state index is -1.08. The smallest absolute Gasteiger partial charge is 0.407 e. The van der Waals surface area contributed by atoms with Crippen LogP contribution in [-0.2, 0) is 19.1 Å². The fourth-order valence-electron chi connectivity index (χ4n) is 4.97. The van der Waals surface area contributed by atoms with Crippen molar-refractivity contribution in [2.45, 2.75) is 50.3 Å². The Morgan fingerprint density at radius 1 is 1.09 bits per heavy atom. The highest BCUT2D eigenvalue weighted by Gasteiger charge is 2.42. The average Bonchev–Trinajstić information content (AvgIpc) is 3.42. The van der Waals surface area contributed by atoms with Crippen LogP contribution in [0.2, 0.25) is 0 Å². The van der Waals surface area contributed by atoms with E-state index in [4.69, 9.17) is 9.47 Å². The molecule has 1 aliphatic carbocycles. The van der Waals surface area contributed by atoms with Gasteiger partial charge in [-0.15, -0.1) is 0 Å². The molecule has 34 heavy (non-hydrogen) atoms. The van der Waals surface area contributed by atoms with Crippen LogP contribution in [0.15, 0.2) is 48.5 Å². The van der Waals surface area contributed by atoms with Crippen LogP contribution in [0, 0.1) is 0 Å². The molecule has 2 aromatic carbocycles. The van der Waals surface area contributed by atoms with Crippen molar-refractivity contribution in [1.29, 1.82) is 0 Å². The van der Waals surface area contributed by atoms with Gasteiger partial charge in [0.05, 0.1) is 6.10 Å². The van der Waals surface area contributed by atoms with Gasteiger partial charge in [-0.25, -0.2) is 9.59 Å². The number of amides is 2. The summed E-state index contributed by atoms with van der Waals surface area (Å²) in [7, 11) is 1.50. The van der Waals surface area contributed by atoms with Crippen molar-refractivity contribution >= 4 is 18.0 Å². The number of likely N-dealkylation sites (tertiary alicyclic amines) is 1. The number of alkyl carbamates (subject to hydrolysis) is 1. The lowest BCUT2D eigenvalue weighted by molar-refractivity contribution is -0.149. The SMILES string of the molecule is CCC[C@@H](NC(=O)OCC1c2ccccc2-c2ccccc21)C(=O)N1CC(OC)CC1C(=O)O. The zero-order valence-corrected chi connectivity index (χ0v) is 19.4. The first-order valence-corrected chi connectivity index (χ1v) is 11.6. The molecule has 1 aliphatic heterocycles. The molecule has 2 N–H and O–H groups in total. The van der Waals surface area contributed by atoms with Gasteiger partial charge in [-0.3, -0.25) is 4.79 Å². The molecular weight excluding hydrogens is 436 g/mol. The number of hydrogen-bond acceptors (Lipinski definition) is 5. The number of nitrogens with zero attached hydrogens (tertiary/aromatic N) is 1. The van der Waals surface area contributed by atoms with Gasteiger partial charge in [-0.1, -0.05) is 61.9 Å². The molecule has 0 spiro atoms. The molecule has 8 heteroatoms. The first kappa shape index (κ1) is 23.8. The number of carbonyl (C=O) groups is 3. The molecule has 1 saturated heterocycles. The van der Waals surface area contributed by atoms with Gasteiger partial charge in [0.15, 0.2) is 0 Å². The number of carboxylic acid groups (broad SMARTS) is 1. The zero-order valence-electron chi connectivity index (χ0n) is 19.4. The highest BCUT2D eigenvalue weighted by molar-refractivity contribution is 5.90. The fourth-order valence-corrected chi connectivity index (χ4v) is 4.97. The fraction of sp³-hybridized carbons (Fsp3) is 0.423. The Bertz CT molecular complexity index is 1030. The van der Waals surface area contributed by atoms with Crippen LogP contribution in [0.25, 0.3) is 11.1 Å². The lowest BCUT2D eigenvalue weighted by Crippen LogP contribution is -2.52. The van der Waals surface area contributed by atoms with Gasteiger partial charge in [0.2, 0.25) is 5.91 Å². The molecule has 0 saturated carbocycles.